The van der Waals surface area contributed by atoms with E-state index in [4.69, 9.17) is 5.73 Å². The molecule has 0 unspecified atom stereocenters. The summed E-state index contributed by atoms with van der Waals surface area (Å²) in [6.45, 7) is 0. The van der Waals surface area contributed by atoms with E-state index in [-0.39, 0.29) is 0 Å². The van der Waals surface area contributed by atoms with Gasteiger partial charge in [-0.2, -0.15) is 5.10 Å². The molecule has 2 aromatic heterocycles. The SMILES string of the molecule is Nc1ncc(-c2n[nH]c3c2CCCC3)[nH]1. The Bertz CT molecular complexity index is 482. The standard InChI is InChI=1S/C10H13N5/c11-10-12-5-8(13-10)9-6-3-1-2-4-7(6)14-15-9/h5H,1-4H2,(H,14,15)(H3,11,12,13). The van der Waals surface area contributed by atoms with Gasteiger partial charge >= 0.3 is 0 Å². The number of fused-ring (bicyclic) bond motifs is 1. The number of nitrogens with zero attached hydrogens (tertiary/aromatic N) is 2. The Labute approximate surface area is 87.1 Å². The first-order valence-electron chi connectivity index (χ1n) is 5.21. The summed E-state index contributed by atoms with van der Waals surface area (Å²) in [6.07, 6.45) is 6.43. The van der Waals surface area contributed by atoms with E-state index >= 15 is 0 Å². The molecule has 15 heavy (non-hydrogen) atoms. The van der Waals surface area contributed by atoms with Gasteiger partial charge in [0.05, 0.1) is 11.9 Å². The van der Waals surface area contributed by atoms with Crippen molar-refractivity contribution in [2.45, 2.75) is 25.7 Å². The Kier molecular flexibility index (Phi) is 1.77. The molecule has 3 rings (SSSR count). The highest BCUT2D eigenvalue weighted by Crippen LogP contribution is 2.28. The molecule has 0 fully saturated rings. The summed E-state index contributed by atoms with van der Waals surface area (Å²) in [6, 6.07) is 0. The fourth-order valence-corrected chi connectivity index (χ4v) is 2.16. The maximum absolute atomic E-state index is 5.56. The van der Waals surface area contributed by atoms with E-state index in [1.165, 1.54) is 24.1 Å². The summed E-state index contributed by atoms with van der Waals surface area (Å²) in [5.74, 6) is 0.442. The molecule has 0 amide bonds. The molecule has 0 bridgehead atoms. The van der Waals surface area contributed by atoms with Crippen LogP contribution in [0.4, 0.5) is 5.95 Å². The van der Waals surface area contributed by atoms with E-state index in [0.717, 1.165) is 24.2 Å². The lowest BCUT2D eigenvalue weighted by molar-refractivity contribution is 0.675. The van der Waals surface area contributed by atoms with Gasteiger partial charge in [-0.15, -0.1) is 0 Å². The molecule has 5 nitrogen and oxygen atoms in total. The Hall–Kier alpha value is -1.78. The summed E-state index contributed by atoms with van der Waals surface area (Å²) in [4.78, 5) is 7.00. The number of nitrogens with one attached hydrogen (secondary N) is 2. The Morgan fingerprint density at radius 1 is 1.27 bits per heavy atom. The number of imidazole rings is 1. The number of aromatic amines is 2. The molecule has 1 aliphatic rings. The van der Waals surface area contributed by atoms with E-state index in [9.17, 15) is 0 Å². The minimum absolute atomic E-state index is 0.442. The van der Waals surface area contributed by atoms with Crippen molar-refractivity contribution in [3.8, 4) is 11.4 Å². The molecule has 5 heteroatoms. The molecule has 0 spiro atoms. The molecule has 0 aromatic carbocycles. The summed E-state index contributed by atoms with van der Waals surface area (Å²) in [5.41, 5.74) is 10.0. The van der Waals surface area contributed by atoms with E-state index in [1.807, 2.05) is 0 Å². The predicted molar refractivity (Wildman–Crippen MR) is 57.2 cm³/mol. The number of H-pyrrole nitrogens is 2. The van der Waals surface area contributed by atoms with Crippen molar-refractivity contribution < 1.29 is 0 Å². The Morgan fingerprint density at radius 2 is 2.13 bits per heavy atom. The highest BCUT2D eigenvalue weighted by Gasteiger charge is 2.18. The molecule has 0 aliphatic heterocycles. The number of rotatable bonds is 1. The van der Waals surface area contributed by atoms with Crippen LogP contribution in [-0.2, 0) is 12.8 Å². The van der Waals surface area contributed by atoms with Gasteiger partial charge in [-0.3, -0.25) is 5.10 Å². The molecule has 2 heterocycles. The normalized spacial score (nSPS) is 15.2. The lowest BCUT2D eigenvalue weighted by Crippen LogP contribution is -2.01. The van der Waals surface area contributed by atoms with Crippen LogP contribution in [0, 0.1) is 0 Å². The summed E-state index contributed by atoms with van der Waals surface area (Å²) < 4.78 is 0. The molecule has 0 radical (unpaired) electrons. The van der Waals surface area contributed by atoms with Gasteiger partial charge in [-0.05, 0) is 25.7 Å². The zero-order valence-corrected chi connectivity index (χ0v) is 8.38. The fraction of sp³-hybridized carbons (Fsp3) is 0.400. The number of aryl methyl sites for hydroxylation is 1. The van der Waals surface area contributed by atoms with Gasteiger partial charge in [-0.25, -0.2) is 4.98 Å². The lowest BCUT2D eigenvalue weighted by Gasteiger charge is -2.10. The van der Waals surface area contributed by atoms with Gasteiger partial charge in [0.25, 0.3) is 0 Å². The van der Waals surface area contributed by atoms with E-state index < -0.39 is 0 Å². The number of hydrogen-bond donors (Lipinski definition) is 3. The second-order valence-corrected chi connectivity index (χ2v) is 3.92. The van der Waals surface area contributed by atoms with Crippen LogP contribution in [-0.4, -0.2) is 20.2 Å². The zero-order chi connectivity index (χ0) is 10.3. The Balaban J connectivity index is 2.08. The van der Waals surface area contributed by atoms with Crippen molar-refractivity contribution in [3.63, 3.8) is 0 Å². The number of aromatic nitrogens is 4. The molecule has 4 N–H and O–H groups in total. The van der Waals surface area contributed by atoms with Crippen LogP contribution in [0.15, 0.2) is 6.20 Å². The van der Waals surface area contributed by atoms with Crippen LogP contribution < -0.4 is 5.73 Å². The van der Waals surface area contributed by atoms with Crippen molar-refractivity contribution >= 4 is 5.95 Å². The highest BCUT2D eigenvalue weighted by molar-refractivity contribution is 5.61. The van der Waals surface area contributed by atoms with Gasteiger partial charge in [-0.1, -0.05) is 0 Å². The van der Waals surface area contributed by atoms with Gasteiger partial charge in [0, 0.05) is 11.3 Å². The van der Waals surface area contributed by atoms with E-state index in [2.05, 4.69) is 20.2 Å². The average Bonchev–Trinajstić information content (AvgIpc) is 2.83. The largest absolute Gasteiger partial charge is 0.369 e. The number of anilines is 1. The van der Waals surface area contributed by atoms with Crippen molar-refractivity contribution in [3.05, 3.63) is 17.5 Å². The van der Waals surface area contributed by atoms with Crippen LogP contribution in [0.3, 0.4) is 0 Å². The number of nitrogens with two attached hydrogens (primary N) is 1. The minimum atomic E-state index is 0.442. The van der Waals surface area contributed by atoms with Crippen molar-refractivity contribution in [1.29, 1.82) is 0 Å². The third-order valence-corrected chi connectivity index (χ3v) is 2.91. The highest BCUT2D eigenvalue weighted by atomic mass is 15.1. The summed E-state index contributed by atoms with van der Waals surface area (Å²) >= 11 is 0. The zero-order valence-electron chi connectivity index (χ0n) is 8.38. The molecule has 0 atom stereocenters. The monoisotopic (exact) mass is 203 g/mol. The quantitative estimate of drug-likeness (QED) is 0.652. The topological polar surface area (TPSA) is 83.4 Å². The smallest absolute Gasteiger partial charge is 0.197 e. The first-order chi connectivity index (χ1) is 7.34. The Morgan fingerprint density at radius 3 is 2.93 bits per heavy atom. The van der Waals surface area contributed by atoms with Gasteiger partial charge in [0.2, 0.25) is 0 Å². The predicted octanol–water partition coefficient (Wildman–Crippen LogP) is 1.26. The van der Waals surface area contributed by atoms with Crippen LogP contribution in [0.5, 0.6) is 0 Å². The number of hydrogen-bond acceptors (Lipinski definition) is 3. The molecule has 2 aromatic rings. The molecular formula is C10H13N5. The second-order valence-electron chi connectivity index (χ2n) is 3.92. The molecule has 0 saturated heterocycles. The minimum Gasteiger partial charge on any atom is -0.369 e. The molecule has 78 valence electrons. The first-order valence-corrected chi connectivity index (χ1v) is 5.21. The van der Waals surface area contributed by atoms with Gasteiger partial charge in [0.1, 0.15) is 5.69 Å². The van der Waals surface area contributed by atoms with Gasteiger partial charge in [0.15, 0.2) is 5.95 Å². The van der Waals surface area contributed by atoms with Crippen LogP contribution in [0.1, 0.15) is 24.1 Å². The maximum Gasteiger partial charge on any atom is 0.197 e. The molecule has 1 aliphatic carbocycles. The lowest BCUT2D eigenvalue weighted by atomic mass is 9.95. The second kappa shape index (κ2) is 3.12. The fourth-order valence-electron chi connectivity index (χ4n) is 2.16. The first kappa shape index (κ1) is 8.52. The van der Waals surface area contributed by atoms with E-state index in [1.54, 1.807) is 6.20 Å². The number of nitrogen functional groups attached to an aromatic ring is 1. The van der Waals surface area contributed by atoms with Crippen LogP contribution >= 0.6 is 0 Å². The van der Waals surface area contributed by atoms with Crippen LogP contribution in [0.25, 0.3) is 11.4 Å². The molecule has 0 saturated carbocycles. The van der Waals surface area contributed by atoms with E-state index in [0.29, 0.717) is 5.95 Å². The molecular weight excluding hydrogens is 190 g/mol. The van der Waals surface area contributed by atoms with Crippen LogP contribution in [0.2, 0.25) is 0 Å². The van der Waals surface area contributed by atoms with Gasteiger partial charge < -0.3 is 10.7 Å². The summed E-state index contributed by atoms with van der Waals surface area (Å²) in [5, 5.41) is 7.42. The third kappa shape index (κ3) is 1.31. The van der Waals surface area contributed by atoms with Crippen molar-refractivity contribution in [2.75, 3.05) is 5.73 Å². The summed E-state index contributed by atoms with van der Waals surface area (Å²) in [7, 11) is 0. The average molecular weight is 203 g/mol. The maximum atomic E-state index is 5.56. The third-order valence-electron chi connectivity index (χ3n) is 2.91. The van der Waals surface area contributed by atoms with Crippen molar-refractivity contribution in [2.24, 2.45) is 0 Å². The van der Waals surface area contributed by atoms with Crippen molar-refractivity contribution in [1.82, 2.24) is 20.2 Å².